The molecule has 1 aliphatic heterocycles. The molecular formula is C25H16BrClN4O9S. The maximum absolute atomic E-state index is 12.9. The van der Waals surface area contributed by atoms with Crippen molar-refractivity contribution >= 4 is 79.5 Å². The topological polar surface area (TPSA) is 171 Å². The number of nitrogens with zero attached hydrogens (tertiary/aromatic N) is 3. The summed E-state index contributed by atoms with van der Waals surface area (Å²) < 4.78 is 11.6. The van der Waals surface area contributed by atoms with E-state index in [1.165, 1.54) is 37.5 Å². The highest BCUT2D eigenvalue weighted by Crippen LogP contribution is 2.39. The Balaban J connectivity index is 1.50. The normalized spacial score (nSPS) is 13.8. The third kappa shape index (κ3) is 6.82. The van der Waals surface area contributed by atoms with Gasteiger partial charge in [0.2, 0.25) is 11.7 Å². The summed E-state index contributed by atoms with van der Waals surface area (Å²) >= 11 is 9.92. The van der Waals surface area contributed by atoms with Gasteiger partial charge in [0.05, 0.1) is 33.0 Å². The van der Waals surface area contributed by atoms with Gasteiger partial charge in [0, 0.05) is 16.2 Å². The lowest BCUT2D eigenvalue weighted by Gasteiger charge is -2.13. The van der Waals surface area contributed by atoms with Crippen molar-refractivity contribution in [3.05, 3.63) is 94.8 Å². The van der Waals surface area contributed by atoms with Crippen LogP contribution in [0.4, 0.5) is 21.9 Å². The van der Waals surface area contributed by atoms with Crippen LogP contribution in [0, 0.1) is 20.2 Å². The SMILES string of the molecule is COc1cc(/C=C2/SC(=O)N(CC(=O)Nc3ccc(Br)c(Cl)c3)C2=O)ccc1Oc1ccc([N+](=O)[O-])cc1[N+](=O)[O-]. The summed E-state index contributed by atoms with van der Waals surface area (Å²) in [6.45, 7) is -0.514. The number of imide groups is 1. The number of methoxy groups -OCH3 is 1. The van der Waals surface area contributed by atoms with Crippen molar-refractivity contribution in [2.24, 2.45) is 0 Å². The third-order valence-electron chi connectivity index (χ3n) is 5.43. The van der Waals surface area contributed by atoms with Crippen molar-refractivity contribution in [3.8, 4) is 17.2 Å². The van der Waals surface area contributed by atoms with Crippen LogP contribution in [0.3, 0.4) is 0 Å². The molecule has 0 bridgehead atoms. The molecule has 1 saturated heterocycles. The third-order valence-corrected chi connectivity index (χ3v) is 7.57. The Labute approximate surface area is 248 Å². The molecule has 1 N–H and O–H groups in total. The number of carbonyl (C=O) groups is 3. The predicted molar refractivity (Wildman–Crippen MR) is 153 cm³/mol. The fraction of sp³-hybridized carbons (Fsp3) is 0.0800. The van der Waals surface area contributed by atoms with Gasteiger partial charge in [-0.2, -0.15) is 0 Å². The quantitative estimate of drug-likeness (QED) is 0.154. The van der Waals surface area contributed by atoms with Crippen molar-refractivity contribution < 1.29 is 33.7 Å². The summed E-state index contributed by atoms with van der Waals surface area (Å²) in [5, 5.41) is 24.7. The molecule has 0 spiro atoms. The second-order valence-electron chi connectivity index (χ2n) is 8.12. The number of anilines is 1. The number of ether oxygens (including phenoxy) is 2. The summed E-state index contributed by atoms with van der Waals surface area (Å²) in [4.78, 5) is 59.5. The van der Waals surface area contributed by atoms with E-state index in [1.54, 1.807) is 12.1 Å². The zero-order chi connectivity index (χ0) is 29.8. The molecule has 0 unspecified atom stereocenters. The standard InChI is InChI=1S/C25H16BrClN4O9S/c1-39-21-8-13(2-6-20(21)40-19-7-4-15(30(35)36)11-18(19)31(37)38)9-22-24(33)29(25(34)41-22)12-23(32)28-14-3-5-16(26)17(27)10-14/h2-11H,12H2,1H3,(H,28,32)/b22-9+. The summed E-state index contributed by atoms with van der Waals surface area (Å²) in [5.74, 6) is -1.35. The van der Waals surface area contributed by atoms with Crippen LogP contribution >= 0.6 is 39.3 Å². The second kappa shape index (κ2) is 12.4. The summed E-state index contributed by atoms with van der Waals surface area (Å²) in [5.41, 5.74) is -0.284. The van der Waals surface area contributed by atoms with E-state index in [0.717, 1.165) is 23.1 Å². The van der Waals surface area contributed by atoms with Crippen molar-refractivity contribution in [1.29, 1.82) is 0 Å². The molecule has 0 radical (unpaired) electrons. The van der Waals surface area contributed by atoms with Crippen LogP contribution in [0.5, 0.6) is 17.2 Å². The molecule has 0 aliphatic carbocycles. The molecule has 0 saturated carbocycles. The molecule has 1 fully saturated rings. The minimum atomic E-state index is -0.812. The first-order chi connectivity index (χ1) is 19.5. The number of carbonyl (C=O) groups excluding carboxylic acids is 3. The van der Waals surface area contributed by atoms with Crippen LogP contribution in [-0.2, 0) is 9.59 Å². The highest BCUT2D eigenvalue weighted by Gasteiger charge is 2.36. The maximum Gasteiger partial charge on any atom is 0.318 e. The van der Waals surface area contributed by atoms with Crippen LogP contribution in [-0.4, -0.2) is 45.5 Å². The van der Waals surface area contributed by atoms with Crippen molar-refractivity contribution in [1.82, 2.24) is 4.90 Å². The summed E-state index contributed by atoms with van der Waals surface area (Å²) in [6, 6.07) is 12.1. The Kier molecular flexibility index (Phi) is 8.90. The Morgan fingerprint density at radius 1 is 1.05 bits per heavy atom. The van der Waals surface area contributed by atoms with Crippen LogP contribution in [0.2, 0.25) is 5.02 Å². The average Bonchev–Trinajstić information content (AvgIpc) is 3.18. The molecule has 0 atom stereocenters. The van der Waals surface area contributed by atoms with Crippen LogP contribution < -0.4 is 14.8 Å². The first kappa shape index (κ1) is 29.5. The van der Waals surface area contributed by atoms with Crippen molar-refractivity contribution in [2.75, 3.05) is 19.0 Å². The molecule has 0 aromatic heterocycles. The lowest BCUT2D eigenvalue weighted by Crippen LogP contribution is -2.36. The Bertz CT molecular complexity index is 1650. The Morgan fingerprint density at radius 2 is 1.78 bits per heavy atom. The van der Waals surface area contributed by atoms with Crippen LogP contribution in [0.15, 0.2) is 64.0 Å². The number of amides is 3. The smallest absolute Gasteiger partial charge is 0.318 e. The van der Waals surface area contributed by atoms with E-state index in [2.05, 4.69) is 21.2 Å². The lowest BCUT2D eigenvalue weighted by molar-refractivity contribution is -0.394. The number of non-ortho nitro benzene ring substituents is 1. The van der Waals surface area contributed by atoms with E-state index >= 15 is 0 Å². The molecule has 210 valence electrons. The number of rotatable bonds is 9. The summed E-state index contributed by atoms with van der Waals surface area (Å²) in [7, 11) is 1.32. The minimum Gasteiger partial charge on any atom is -0.493 e. The maximum atomic E-state index is 12.9. The number of hydrogen-bond acceptors (Lipinski definition) is 10. The van der Waals surface area contributed by atoms with Crippen molar-refractivity contribution in [3.63, 3.8) is 0 Å². The van der Waals surface area contributed by atoms with E-state index in [-0.39, 0.29) is 22.2 Å². The van der Waals surface area contributed by atoms with E-state index in [1.807, 2.05) is 0 Å². The monoisotopic (exact) mass is 662 g/mol. The number of halogens is 2. The highest BCUT2D eigenvalue weighted by atomic mass is 79.9. The molecule has 13 nitrogen and oxygen atoms in total. The molecule has 4 rings (SSSR count). The zero-order valence-electron chi connectivity index (χ0n) is 20.7. The van der Waals surface area contributed by atoms with E-state index in [9.17, 15) is 34.6 Å². The number of hydrogen-bond donors (Lipinski definition) is 1. The van der Waals surface area contributed by atoms with Gasteiger partial charge in [-0.05, 0) is 75.7 Å². The van der Waals surface area contributed by atoms with Crippen molar-refractivity contribution in [2.45, 2.75) is 0 Å². The average molecular weight is 664 g/mol. The van der Waals surface area contributed by atoms with Crippen LogP contribution in [0.1, 0.15) is 5.56 Å². The van der Waals surface area contributed by atoms with Gasteiger partial charge in [-0.15, -0.1) is 0 Å². The fourth-order valence-electron chi connectivity index (χ4n) is 3.53. The van der Waals surface area contributed by atoms with E-state index < -0.39 is 44.8 Å². The van der Waals surface area contributed by atoms with E-state index in [0.29, 0.717) is 32.5 Å². The zero-order valence-corrected chi connectivity index (χ0v) is 23.8. The van der Waals surface area contributed by atoms with Gasteiger partial charge in [-0.1, -0.05) is 17.7 Å². The molecule has 3 aromatic carbocycles. The molecule has 3 aromatic rings. The summed E-state index contributed by atoms with van der Waals surface area (Å²) in [6.07, 6.45) is 1.41. The fourth-order valence-corrected chi connectivity index (χ4v) is 4.80. The molecule has 1 aliphatic rings. The number of nitrogens with one attached hydrogen (secondary N) is 1. The van der Waals surface area contributed by atoms with Gasteiger partial charge >= 0.3 is 5.69 Å². The number of nitro groups is 2. The molecule has 3 amide bonds. The minimum absolute atomic E-state index is 0.0521. The van der Waals surface area contributed by atoms with Gasteiger partial charge in [-0.25, -0.2) is 0 Å². The Morgan fingerprint density at radius 3 is 2.44 bits per heavy atom. The molecule has 16 heteroatoms. The molecular weight excluding hydrogens is 648 g/mol. The van der Waals surface area contributed by atoms with Crippen LogP contribution in [0.25, 0.3) is 6.08 Å². The van der Waals surface area contributed by atoms with Gasteiger partial charge in [-0.3, -0.25) is 39.5 Å². The number of benzene rings is 3. The molecule has 1 heterocycles. The Hall–Kier alpha value is -4.47. The van der Waals surface area contributed by atoms with Gasteiger partial charge in [0.1, 0.15) is 6.54 Å². The number of nitro benzene ring substituents is 2. The first-order valence-corrected chi connectivity index (χ1v) is 13.2. The van der Waals surface area contributed by atoms with Gasteiger partial charge < -0.3 is 14.8 Å². The van der Waals surface area contributed by atoms with Gasteiger partial charge in [0.15, 0.2) is 11.5 Å². The predicted octanol–water partition coefficient (Wildman–Crippen LogP) is 6.39. The van der Waals surface area contributed by atoms with E-state index in [4.69, 9.17) is 21.1 Å². The lowest BCUT2D eigenvalue weighted by atomic mass is 10.1. The number of thioether (sulfide) groups is 1. The molecule has 41 heavy (non-hydrogen) atoms. The van der Waals surface area contributed by atoms with Gasteiger partial charge in [0.25, 0.3) is 16.8 Å². The second-order valence-corrected chi connectivity index (χ2v) is 10.4. The largest absolute Gasteiger partial charge is 0.493 e. The highest BCUT2D eigenvalue weighted by molar-refractivity contribution is 9.10. The first-order valence-electron chi connectivity index (χ1n) is 11.3.